The maximum atomic E-state index is 13.4. The van der Waals surface area contributed by atoms with Crippen LogP contribution in [-0.4, -0.2) is 5.91 Å². The number of benzene rings is 2. The predicted molar refractivity (Wildman–Crippen MR) is 84.2 cm³/mol. The van der Waals surface area contributed by atoms with Crippen LogP contribution in [0.25, 0.3) is 0 Å². The van der Waals surface area contributed by atoms with E-state index in [0.29, 0.717) is 6.54 Å². The van der Waals surface area contributed by atoms with Gasteiger partial charge in [-0.05, 0) is 42.3 Å². The molecule has 0 unspecified atom stereocenters. The molecule has 0 fully saturated rings. The van der Waals surface area contributed by atoms with E-state index in [1.165, 1.54) is 19.1 Å². The Hall–Kier alpha value is -2.07. The molecule has 0 spiro atoms. The van der Waals surface area contributed by atoms with Crippen LogP contribution in [0.5, 0.6) is 0 Å². The molecular formula is C16H16ClFN2O. The first-order chi connectivity index (χ1) is 9.95. The van der Waals surface area contributed by atoms with Crippen molar-refractivity contribution in [1.82, 2.24) is 0 Å². The van der Waals surface area contributed by atoms with Crippen LogP contribution in [-0.2, 0) is 11.3 Å². The van der Waals surface area contributed by atoms with Gasteiger partial charge in [-0.25, -0.2) is 4.39 Å². The van der Waals surface area contributed by atoms with Gasteiger partial charge in [-0.2, -0.15) is 0 Å². The number of hydrogen-bond donors (Lipinski definition) is 2. The molecule has 0 radical (unpaired) electrons. The summed E-state index contributed by atoms with van der Waals surface area (Å²) in [5.74, 6) is -0.547. The quantitative estimate of drug-likeness (QED) is 0.881. The summed E-state index contributed by atoms with van der Waals surface area (Å²) in [5, 5.41) is 6.07. The third-order valence-corrected chi connectivity index (χ3v) is 3.34. The Morgan fingerprint density at radius 1 is 1.24 bits per heavy atom. The van der Waals surface area contributed by atoms with Gasteiger partial charge in [0.2, 0.25) is 5.91 Å². The molecule has 0 saturated carbocycles. The van der Waals surface area contributed by atoms with Crippen molar-refractivity contribution in [3.8, 4) is 0 Å². The molecule has 0 aromatic heterocycles. The lowest BCUT2D eigenvalue weighted by Crippen LogP contribution is -2.08. The van der Waals surface area contributed by atoms with E-state index in [4.69, 9.17) is 11.6 Å². The second kappa shape index (κ2) is 6.59. The summed E-state index contributed by atoms with van der Waals surface area (Å²) in [5.41, 5.74) is 3.38. The summed E-state index contributed by atoms with van der Waals surface area (Å²) in [6, 6.07) is 10.4. The first-order valence-electron chi connectivity index (χ1n) is 6.52. The van der Waals surface area contributed by atoms with Gasteiger partial charge in [0.05, 0.1) is 5.02 Å². The van der Waals surface area contributed by atoms with Gasteiger partial charge in [0, 0.05) is 24.8 Å². The highest BCUT2D eigenvalue weighted by Crippen LogP contribution is 2.21. The van der Waals surface area contributed by atoms with Crippen LogP contribution in [0.1, 0.15) is 18.1 Å². The van der Waals surface area contributed by atoms with Gasteiger partial charge in [-0.15, -0.1) is 0 Å². The number of halogens is 2. The largest absolute Gasteiger partial charge is 0.381 e. The molecule has 110 valence electrons. The standard InChI is InChI=1S/C16H16ClFN2O/c1-10-3-5-13(8-16(10)20-11(2)21)19-9-12-4-6-14(17)15(18)7-12/h3-8,19H,9H2,1-2H3,(H,20,21). The van der Waals surface area contributed by atoms with Crippen LogP contribution in [0.2, 0.25) is 5.02 Å². The number of nitrogens with one attached hydrogen (secondary N) is 2. The smallest absolute Gasteiger partial charge is 0.221 e. The van der Waals surface area contributed by atoms with Crippen molar-refractivity contribution >= 4 is 28.9 Å². The molecule has 2 aromatic carbocycles. The van der Waals surface area contributed by atoms with Crippen LogP contribution in [0, 0.1) is 12.7 Å². The minimum Gasteiger partial charge on any atom is -0.381 e. The SMILES string of the molecule is CC(=O)Nc1cc(NCc2ccc(Cl)c(F)c2)ccc1C. The summed E-state index contributed by atoms with van der Waals surface area (Å²) in [6.45, 7) is 3.86. The zero-order chi connectivity index (χ0) is 15.4. The first kappa shape index (κ1) is 15.3. The number of aryl methyl sites for hydroxylation is 1. The van der Waals surface area contributed by atoms with Gasteiger partial charge in [0.15, 0.2) is 0 Å². The molecule has 0 heterocycles. The van der Waals surface area contributed by atoms with Crippen molar-refractivity contribution in [3.63, 3.8) is 0 Å². The Labute approximate surface area is 128 Å². The lowest BCUT2D eigenvalue weighted by molar-refractivity contribution is -0.114. The van der Waals surface area contributed by atoms with E-state index in [2.05, 4.69) is 10.6 Å². The molecular weight excluding hydrogens is 291 g/mol. The van der Waals surface area contributed by atoms with Crippen molar-refractivity contribution in [2.75, 3.05) is 10.6 Å². The highest BCUT2D eigenvalue weighted by Gasteiger charge is 2.04. The topological polar surface area (TPSA) is 41.1 Å². The summed E-state index contributed by atoms with van der Waals surface area (Å²) in [6.07, 6.45) is 0. The maximum Gasteiger partial charge on any atom is 0.221 e. The molecule has 0 aliphatic carbocycles. The molecule has 0 atom stereocenters. The lowest BCUT2D eigenvalue weighted by atomic mass is 10.1. The Bertz CT molecular complexity index is 673. The van der Waals surface area contributed by atoms with Crippen molar-refractivity contribution in [1.29, 1.82) is 0 Å². The second-order valence-electron chi connectivity index (χ2n) is 4.81. The second-order valence-corrected chi connectivity index (χ2v) is 5.22. The van der Waals surface area contributed by atoms with Crippen LogP contribution in [0.15, 0.2) is 36.4 Å². The molecule has 0 aliphatic heterocycles. The van der Waals surface area contributed by atoms with E-state index >= 15 is 0 Å². The van der Waals surface area contributed by atoms with Gasteiger partial charge in [0.25, 0.3) is 0 Å². The minimum atomic E-state index is -0.432. The molecule has 2 aromatic rings. The normalized spacial score (nSPS) is 10.3. The fourth-order valence-electron chi connectivity index (χ4n) is 1.91. The van der Waals surface area contributed by atoms with Gasteiger partial charge < -0.3 is 10.6 Å². The number of amides is 1. The monoisotopic (exact) mass is 306 g/mol. The van der Waals surface area contributed by atoms with E-state index in [-0.39, 0.29) is 10.9 Å². The molecule has 0 bridgehead atoms. The summed E-state index contributed by atoms with van der Waals surface area (Å²) in [4.78, 5) is 11.1. The average molecular weight is 307 g/mol. The number of hydrogen-bond acceptors (Lipinski definition) is 2. The molecule has 2 N–H and O–H groups in total. The van der Waals surface area contributed by atoms with E-state index in [9.17, 15) is 9.18 Å². The fraction of sp³-hybridized carbons (Fsp3) is 0.188. The minimum absolute atomic E-state index is 0.113. The molecule has 0 aliphatic rings. The fourth-order valence-corrected chi connectivity index (χ4v) is 2.03. The molecule has 5 heteroatoms. The first-order valence-corrected chi connectivity index (χ1v) is 6.89. The van der Waals surface area contributed by atoms with Crippen LogP contribution >= 0.6 is 11.6 Å². The molecule has 2 rings (SSSR count). The van der Waals surface area contributed by atoms with Crippen LogP contribution < -0.4 is 10.6 Å². The highest BCUT2D eigenvalue weighted by molar-refractivity contribution is 6.30. The summed E-state index contributed by atoms with van der Waals surface area (Å²) in [7, 11) is 0. The van der Waals surface area contributed by atoms with Gasteiger partial charge in [-0.3, -0.25) is 4.79 Å². The van der Waals surface area contributed by atoms with Crippen molar-refractivity contribution in [3.05, 3.63) is 58.4 Å². The zero-order valence-corrected chi connectivity index (χ0v) is 12.6. The van der Waals surface area contributed by atoms with Crippen LogP contribution in [0.4, 0.5) is 15.8 Å². The highest BCUT2D eigenvalue weighted by atomic mass is 35.5. The van der Waals surface area contributed by atoms with E-state index < -0.39 is 5.82 Å². The Kier molecular flexibility index (Phi) is 4.81. The Morgan fingerprint density at radius 2 is 2.00 bits per heavy atom. The van der Waals surface area contributed by atoms with Crippen molar-refractivity contribution in [2.24, 2.45) is 0 Å². The third-order valence-electron chi connectivity index (χ3n) is 3.03. The summed E-state index contributed by atoms with van der Waals surface area (Å²) < 4.78 is 13.4. The average Bonchev–Trinajstić information content (AvgIpc) is 2.43. The maximum absolute atomic E-state index is 13.4. The van der Waals surface area contributed by atoms with Crippen molar-refractivity contribution < 1.29 is 9.18 Å². The zero-order valence-electron chi connectivity index (χ0n) is 11.8. The third kappa shape index (κ3) is 4.20. The van der Waals surface area contributed by atoms with Gasteiger partial charge in [-0.1, -0.05) is 23.7 Å². The Morgan fingerprint density at radius 3 is 2.67 bits per heavy atom. The lowest BCUT2D eigenvalue weighted by Gasteiger charge is -2.11. The Balaban J connectivity index is 2.09. The predicted octanol–water partition coefficient (Wildman–Crippen LogP) is 4.36. The van der Waals surface area contributed by atoms with E-state index in [0.717, 1.165) is 22.5 Å². The van der Waals surface area contributed by atoms with Gasteiger partial charge in [0.1, 0.15) is 5.82 Å². The number of anilines is 2. The van der Waals surface area contributed by atoms with Crippen LogP contribution in [0.3, 0.4) is 0 Å². The van der Waals surface area contributed by atoms with Crippen molar-refractivity contribution in [2.45, 2.75) is 20.4 Å². The van der Waals surface area contributed by atoms with E-state index in [1.807, 2.05) is 25.1 Å². The molecule has 1 amide bonds. The molecule has 3 nitrogen and oxygen atoms in total. The van der Waals surface area contributed by atoms with Gasteiger partial charge >= 0.3 is 0 Å². The molecule has 0 saturated heterocycles. The number of carbonyl (C=O) groups excluding carboxylic acids is 1. The van der Waals surface area contributed by atoms with E-state index in [1.54, 1.807) is 6.07 Å². The summed E-state index contributed by atoms with van der Waals surface area (Å²) >= 11 is 5.65. The number of rotatable bonds is 4. The number of carbonyl (C=O) groups is 1. The molecule has 21 heavy (non-hydrogen) atoms.